The summed E-state index contributed by atoms with van der Waals surface area (Å²) in [7, 11) is 7.68. The van der Waals surface area contributed by atoms with E-state index in [1.54, 1.807) is 34.8 Å². The van der Waals surface area contributed by atoms with Crippen molar-refractivity contribution in [1.82, 2.24) is 0 Å². The average Bonchev–Trinajstić information content (AvgIpc) is 3.15. The second-order valence-corrected chi connectivity index (χ2v) is 15.8. The number of carbonyl (C=O) groups is 3. The number of quaternary nitrogens is 1. The maximum absolute atomic E-state index is 13.4. The number of hydrogen-bond donors (Lipinski definition) is 1. The molecule has 0 fully saturated rings. The summed E-state index contributed by atoms with van der Waals surface area (Å²) in [5, 5.41) is 0. The maximum atomic E-state index is 13.4. The van der Waals surface area contributed by atoms with E-state index in [9.17, 15) is 14.4 Å². The van der Waals surface area contributed by atoms with Crippen LogP contribution in [0.5, 0.6) is 0 Å². The molecule has 18 heteroatoms. The summed E-state index contributed by atoms with van der Waals surface area (Å²) < 4.78 is 65.9. The monoisotopic (exact) mass is 954 g/mol. The Morgan fingerprint density at radius 1 is 0.466 bits per heavy atom. The lowest BCUT2D eigenvalue weighted by Crippen LogP contribution is -3.00. The normalized spacial score (nSPS) is 14.0. The molecular weight excluding hydrogens is 875 g/mol. The summed E-state index contributed by atoms with van der Waals surface area (Å²) in [6.45, 7) is 17.6. The fourth-order valence-electron chi connectivity index (χ4n) is 5.54. The first kappa shape index (κ1) is 58.8. The number of likely N-dealkylation sites (N-methyl/N-ethyl adjacent to an activating group) is 1. The third-order valence-corrected chi connectivity index (χ3v) is 8.77. The maximum Gasteiger partial charge on any atom is 0.312 e. The third-order valence-electron chi connectivity index (χ3n) is 8.77. The first-order valence-corrected chi connectivity index (χ1v) is 20.2. The predicted molar refractivity (Wildman–Crippen MR) is 213 cm³/mol. The van der Waals surface area contributed by atoms with Gasteiger partial charge in [-0.1, -0.05) is 6.92 Å². The van der Waals surface area contributed by atoms with E-state index in [1.807, 2.05) is 28.1 Å². The zero-order chi connectivity index (χ0) is 42.9. The Kier molecular flexibility index (Phi) is 35.8. The standard InChI is InChI=1S/C40H79N2O15.HI/c1-10-39(4,36(44)56-14-12-42(6,7)8)34-40(5,37(45)55-13-11-41)33-38(2,3)35(43)57-32-31-54-30-29-53-28-27-52-26-25-51-24-23-50-22-21-49-20-19-48-18-17-47-16-15-46-9;/h10-34,41H2,1-9H3;1H/q+1;/p-1. The van der Waals surface area contributed by atoms with Gasteiger partial charge in [-0.2, -0.15) is 0 Å². The van der Waals surface area contributed by atoms with E-state index in [2.05, 4.69) is 0 Å². The van der Waals surface area contributed by atoms with Gasteiger partial charge in [0, 0.05) is 13.7 Å². The summed E-state index contributed by atoms with van der Waals surface area (Å²) in [6, 6.07) is 0. The molecule has 0 spiro atoms. The minimum atomic E-state index is -1.20. The van der Waals surface area contributed by atoms with E-state index >= 15 is 0 Å². The number of methoxy groups -OCH3 is 1. The van der Waals surface area contributed by atoms with Gasteiger partial charge in [-0.3, -0.25) is 14.4 Å². The number of hydrogen-bond acceptors (Lipinski definition) is 16. The van der Waals surface area contributed by atoms with Crippen LogP contribution < -0.4 is 29.7 Å². The zero-order valence-electron chi connectivity index (χ0n) is 37.2. The third kappa shape index (κ3) is 30.7. The van der Waals surface area contributed by atoms with Gasteiger partial charge in [0.15, 0.2) is 0 Å². The van der Waals surface area contributed by atoms with Crippen LogP contribution in [-0.2, 0) is 71.2 Å². The first-order chi connectivity index (χ1) is 27.1. The van der Waals surface area contributed by atoms with Gasteiger partial charge in [0.25, 0.3) is 0 Å². The van der Waals surface area contributed by atoms with E-state index in [1.165, 1.54) is 0 Å². The molecular formula is C40H79IN2O15. The highest BCUT2D eigenvalue weighted by Gasteiger charge is 2.50. The summed E-state index contributed by atoms with van der Waals surface area (Å²) >= 11 is 0. The summed E-state index contributed by atoms with van der Waals surface area (Å²) in [5.74, 6) is -1.40. The molecule has 0 aromatic rings. The van der Waals surface area contributed by atoms with Gasteiger partial charge in [0.1, 0.15) is 26.4 Å². The lowest BCUT2D eigenvalue weighted by Gasteiger charge is -2.39. The van der Waals surface area contributed by atoms with Crippen LogP contribution in [-0.4, -0.2) is 196 Å². The highest BCUT2D eigenvalue weighted by Crippen LogP contribution is 2.45. The predicted octanol–water partition coefficient (Wildman–Crippen LogP) is -0.707. The Balaban J connectivity index is 0. The van der Waals surface area contributed by atoms with Gasteiger partial charge < -0.3 is 91.0 Å². The first-order valence-electron chi connectivity index (χ1n) is 20.2. The molecule has 2 atom stereocenters. The van der Waals surface area contributed by atoms with Crippen LogP contribution in [0.15, 0.2) is 0 Å². The van der Waals surface area contributed by atoms with Crippen LogP contribution in [0.1, 0.15) is 53.9 Å². The Hall–Kier alpha value is -1.30. The molecule has 346 valence electrons. The van der Waals surface area contributed by atoms with Crippen LogP contribution in [0.4, 0.5) is 0 Å². The number of carbonyl (C=O) groups excluding carboxylic acids is 3. The summed E-state index contributed by atoms with van der Waals surface area (Å²) in [4.78, 5) is 39.9. The molecule has 0 saturated heterocycles. The second-order valence-electron chi connectivity index (χ2n) is 15.8. The molecule has 58 heavy (non-hydrogen) atoms. The van der Waals surface area contributed by atoms with Crippen LogP contribution in [0.3, 0.4) is 0 Å². The van der Waals surface area contributed by atoms with Crippen LogP contribution in [0.25, 0.3) is 0 Å². The van der Waals surface area contributed by atoms with E-state index in [0.717, 1.165) is 0 Å². The van der Waals surface area contributed by atoms with Crippen molar-refractivity contribution < 1.29 is 99.7 Å². The van der Waals surface area contributed by atoms with Crippen molar-refractivity contribution in [2.24, 2.45) is 22.0 Å². The quantitative estimate of drug-likeness (QED) is 0.0267. The van der Waals surface area contributed by atoms with Gasteiger partial charge >= 0.3 is 17.9 Å². The van der Waals surface area contributed by atoms with Crippen molar-refractivity contribution in [2.75, 3.05) is 173 Å². The second kappa shape index (κ2) is 35.3. The number of ether oxygens (including phenoxy) is 12. The van der Waals surface area contributed by atoms with Crippen LogP contribution >= 0.6 is 0 Å². The average molecular weight is 955 g/mol. The number of rotatable bonds is 40. The lowest BCUT2D eigenvalue weighted by atomic mass is 9.65. The highest BCUT2D eigenvalue weighted by molar-refractivity contribution is 5.82. The molecule has 0 bridgehead atoms. The molecule has 17 nitrogen and oxygen atoms in total. The molecule has 0 aromatic heterocycles. The minimum absolute atomic E-state index is 0. The van der Waals surface area contributed by atoms with Crippen molar-refractivity contribution in [3.8, 4) is 0 Å². The van der Waals surface area contributed by atoms with Crippen molar-refractivity contribution in [3.63, 3.8) is 0 Å². The van der Waals surface area contributed by atoms with Gasteiger partial charge in [-0.25, -0.2) is 0 Å². The zero-order valence-corrected chi connectivity index (χ0v) is 39.4. The summed E-state index contributed by atoms with van der Waals surface area (Å²) in [6.07, 6.45) is 0.647. The Morgan fingerprint density at radius 2 is 0.793 bits per heavy atom. The largest absolute Gasteiger partial charge is 1.00 e. The Bertz CT molecular complexity index is 1040. The molecule has 0 aromatic carbocycles. The fourth-order valence-corrected chi connectivity index (χ4v) is 5.54. The molecule has 2 unspecified atom stereocenters. The smallest absolute Gasteiger partial charge is 0.312 e. The van der Waals surface area contributed by atoms with Crippen molar-refractivity contribution in [1.29, 1.82) is 0 Å². The van der Waals surface area contributed by atoms with Crippen molar-refractivity contribution in [3.05, 3.63) is 0 Å². The van der Waals surface area contributed by atoms with E-state index in [0.29, 0.717) is 123 Å². The van der Waals surface area contributed by atoms with Gasteiger partial charge in [-0.15, -0.1) is 0 Å². The topological polar surface area (TPSA) is 188 Å². The number of halogens is 1. The molecule has 0 amide bonds. The SMILES string of the molecule is CCC(C)(CC(C)(CC(C)(C)C(=O)OCCOCCOCCOCCOCCOCCOCCOCCOCCOC)C(=O)OCCN)C(=O)OCC[N+](C)(C)C.[I-]. The van der Waals surface area contributed by atoms with Crippen molar-refractivity contribution in [2.45, 2.75) is 53.9 Å². The Labute approximate surface area is 365 Å². The lowest BCUT2D eigenvalue weighted by molar-refractivity contribution is -0.870. The highest BCUT2D eigenvalue weighted by atomic mass is 127. The van der Waals surface area contributed by atoms with Gasteiger partial charge in [-0.05, 0) is 47.0 Å². The Morgan fingerprint density at radius 3 is 1.14 bits per heavy atom. The van der Waals surface area contributed by atoms with E-state index < -0.39 is 28.2 Å². The number of esters is 3. The molecule has 0 aliphatic heterocycles. The fraction of sp³-hybridized carbons (Fsp3) is 0.925. The molecule has 2 N–H and O–H groups in total. The number of nitrogens with two attached hydrogens (primary N) is 1. The van der Waals surface area contributed by atoms with Crippen molar-refractivity contribution >= 4 is 17.9 Å². The molecule has 0 aliphatic carbocycles. The molecule has 0 rings (SSSR count). The minimum Gasteiger partial charge on any atom is -1.00 e. The number of nitrogens with zero attached hydrogens (tertiary/aromatic N) is 1. The van der Waals surface area contributed by atoms with Gasteiger partial charge in [0.05, 0.1) is 150 Å². The molecule has 0 aliphatic rings. The van der Waals surface area contributed by atoms with Crippen LogP contribution in [0.2, 0.25) is 0 Å². The van der Waals surface area contributed by atoms with E-state index in [-0.39, 0.29) is 75.8 Å². The molecule has 0 radical (unpaired) electrons. The summed E-state index contributed by atoms with van der Waals surface area (Å²) in [5.41, 5.74) is 2.34. The van der Waals surface area contributed by atoms with E-state index in [4.69, 9.17) is 62.6 Å². The molecule has 0 heterocycles. The van der Waals surface area contributed by atoms with Gasteiger partial charge in [0.2, 0.25) is 0 Å². The van der Waals surface area contributed by atoms with Crippen LogP contribution in [0, 0.1) is 16.2 Å². The molecule has 0 saturated carbocycles.